The van der Waals surface area contributed by atoms with Gasteiger partial charge in [-0.05, 0) is 68.3 Å². The van der Waals surface area contributed by atoms with Crippen LogP contribution in [0.25, 0.3) is 16.9 Å². The number of hydrogen-bond acceptors (Lipinski definition) is 4. The Kier molecular flexibility index (Phi) is 5.13. The molecule has 1 fully saturated rings. The first-order valence-electron chi connectivity index (χ1n) is 11.0. The highest BCUT2D eigenvalue weighted by molar-refractivity contribution is 5.95. The predicted octanol–water partition coefficient (Wildman–Crippen LogP) is 4.31. The predicted molar refractivity (Wildman–Crippen MR) is 128 cm³/mol. The van der Waals surface area contributed by atoms with Crippen LogP contribution < -0.4 is 4.90 Å². The summed E-state index contributed by atoms with van der Waals surface area (Å²) in [5.41, 5.74) is 7.07. The van der Waals surface area contributed by atoms with Gasteiger partial charge >= 0.3 is 0 Å². The topological polar surface area (TPSA) is 54.3 Å². The number of aromatic nitrogens is 3. The second kappa shape index (κ2) is 8.11. The van der Waals surface area contributed by atoms with Crippen LogP contribution in [0.5, 0.6) is 0 Å². The third-order valence-electron chi connectivity index (χ3n) is 6.21. The lowest BCUT2D eigenvalue weighted by Gasteiger charge is -2.37. The number of hydrogen-bond donors (Lipinski definition) is 0. The summed E-state index contributed by atoms with van der Waals surface area (Å²) in [5, 5.41) is 0. The largest absolute Gasteiger partial charge is 0.368 e. The fraction of sp³-hybridized carbons (Fsp3) is 0.269. The molecule has 6 nitrogen and oxygen atoms in total. The Balaban J connectivity index is 1.36. The van der Waals surface area contributed by atoms with Gasteiger partial charge in [0.1, 0.15) is 11.3 Å². The highest BCUT2D eigenvalue weighted by Crippen LogP contribution is 2.24. The third kappa shape index (κ3) is 3.62. The number of aryl methyl sites for hydroxylation is 3. The number of carbonyl (C=O) groups is 1. The lowest BCUT2D eigenvalue weighted by molar-refractivity contribution is 0.0746. The molecule has 1 aliphatic heterocycles. The normalized spacial score (nSPS) is 14.2. The Bertz CT molecular complexity index is 1300. The molecule has 1 saturated heterocycles. The molecule has 0 aliphatic carbocycles. The first-order chi connectivity index (χ1) is 15.5. The lowest BCUT2D eigenvalue weighted by Crippen LogP contribution is -2.49. The fourth-order valence-corrected chi connectivity index (χ4v) is 4.51. The number of fused-ring (bicyclic) bond motifs is 1. The molecule has 162 valence electrons. The van der Waals surface area contributed by atoms with E-state index in [4.69, 9.17) is 0 Å². The zero-order chi connectivity index (χ0) is 22.2. The van der Waals surface area contributed by atoms with Crippen molar-refractivity contribution in [2.75, 3.05) is 31.1 Å². The average Bonchev–Trinajstić information content (AvgIpc) is 3.16. The maximum Gasteiger partial charge on any atom is 0.254 e. The summed E-state index contributed by atoms with van der Waals surface area (Å²) in [6.07, 6.45) is 1.77. The van der Waals surface area contributed by atoms with E-state index in [-0.39, 0.29) is 5.91 Å². The van der Waals surface area contributed by atoms with E-state index in [1.165, 1.54) is 16.8 Å². The molecular formula is C26H27N5O. The molecule has 4 aromatic rings. The molecule has 32 heavy (non-hydrogen) atoms. The molecule has 1 amide bonds. The molecule has 0 N–H and O–H groups in total. The molecule has 0 bridgehead atoms. The second-order valence-corrected chi connectivity index (χ2v) is 8.46. The van der Waals surface area contributed by atoms with E-state index in [0.717, 1.165) is 35.8 Å². The van der Waals surface area contributed by atoms with Crippen LogP contribution in [-0.2, 0) is 0 Å². The smallest absolute Gasteiger partial charge is 0.254 e. The van der Waals surface area contributed by atoms with Crippen LogP contribution >= 0.6 is 0 Å². The molecular weight excluding hydrogens is 398 g/mol. The minimum Gasteiger partial charge on any atom is -0.368 e. The molecule has 0 radical (unpaired) electrons. The first kappa shape index (κ1) is 20.2. The van der Waals surface area contributed by atoms with Gasteiger partial charge in [-0.15, -0.1) is 0 Å². The average molecular weight is 426 g/mol. The van der Waals surface area contributed by atoms with Gasteiger partial charge in [0.05, 0.1) is 0 Å². The van der Waals surface area contributed by atoms with Gasteiger partial charge in [0.15, 0.2) is 5.65 Å². The van der Waals surface area contributed by atoms with Crippen molar-refractivity contribution < 1.29 is 4.79 Å². The quantitative estimate of drug-likeness (QED) is 0.491. The first-order valence-corrected chi connectivity index (χ1v) is 11.0. The van der Waals surface area contributed by atoms with E-state index < -0.39 is 0 Å². The van der Waals surface area contributed by atoms with Crippen LogP contribution in [0.2, 0.25) is 0 Å². The zero-order valence-electron chi connectivity index (χ0n) is 18.7. The van der Waals surface area contributed by atoms with Crippen LogP contribution in [0.4, 0.5) is 5.69 Å². The molecule has 0 atom stereocenters. The second-order valence-electron chi connectivity index (χ2n) is 8.46. The summed E-state index contributed by atoms with van der Waals surface area (Å²) >= 11 is 0. The highest BCUT2D eigenvalue weighted by Gasteiger charge is 2.23. The van der Waals surface area contributed by atoms with Crippen molar-refractivity contribution in [3.63, 3.8) is 0 Å². The van der Waals surface area contributed by atoms with E-state index in [1.54, 1.807) is 6.20 Å². The molecule has 3 heterocycles. The maximum atomic E-state index is 13.3. The summed E-state index contributed by atoms with van der Waals surface area (Å²) in [7, 11) is 0. The van der Waals surface area contributed by atoms with E-state index >= 15 is 0 Å². The maximum absolute atomic E-state index is 13.3. The van der Waals surface area contributed by atoms with Crippen LogP contribution in [0.1, 0.15) is 27.3 Å². The van der Waals surface area contributed by atoms with Crippen molar-refractivity contribution >= 4 is 22.8 Å². The molecule has 0 unspecified atom stereocenters. The summed E-state index contributed by atoms with van der Waals surface area (Å²) in [5.74, 6) is 0.924. The van der Waals surface area contributed by atoms with E-state index in [1.807, 2.05) is 52.8 Å². The van der Waals surface area contributed by atoms with Gasteiger partial charge in [0, 0.05) is 49.3 Å². The molecule has 6 heteroatoms. The van der Waals surface area contributed by atoms with E-state index in [0.29, 0.717) is 18.7 Å². The Labute approximate surface area is 188 Å². The number of amides is 1. The van der Waals surface area contributed by atoms with Crippen molar-refractivity contribution in [3.05, 3.63) is 83.3 Å². The van der Waals surface area contributed by atoms with Crippen molar-refractivity contribution in [1.82, 2.24) is 19.4 Å². The fourth-order valence-electron chi connectivity index (χ4n) is 4.51. The van der Waals surface area contributed by atoms with Crippen molar-refractivity contribution in [3.8, 4) is 5.69 Å². The SMILES string of the molecule is Cc1ccc(C)c(N2CCN(C(=O)c3cccc(-n4c(C)nc5cccnc54)c3)CC2)c1. The third-order valence-corrected chi connectivity index (χ3v) is 6.21. The van der Waals surface area contributed by atoms with Crippen LogP contribution in [-0.4, -0.2) is 51.5 Å². The van der Waals surface area contributed by atoms with E-state index in [2.05, 4.69) is 46.9 Å². The molecule has 2 aromatic heterocycles. The van der Waals surface area contributed by atoms with Crippen LogP contribution in [0.3, 0.4) is 0 Å². The zero-order valence-corrected chi connectivity index (χ0v) is 18.7. The van der Waals surface area contributed by atoms with Crippen molar-refractivity contribution in [2.45, 2.75) is 20.8 Å². The Morgan fingerprint density at radius 2 is 1.72 bits per heavy atom. The number of piperazine rings is 1. The number of pyridine rings is 1. The van der Waals surface area contributed by atoms with Crippen molar-refractivity contribution in [1.29, 1.82) is 0 Å². The van der Waals surface area contributed by atoms with Gasteiger partial charge in [-0.2, -0.15) is 0 Å². The van der Waals surface area contributed by atoms with Gasteiger partial charge in [-0.3, -0.25) is 9.36 Å². The van der Waals surface area contributed by atoms with E-state index in [9.17, 15) is 4.79 Å². The summed E-state index contributed by atoms with van der Waals surface area (Å²) in [6, 6.07) is 18.2. The molecule has 5 rings (SSSR count). The number of imidazole rings is 1. The van der Waals surface area contributed by atoms with Crippen LogP contribution in [0, 0.1) is 20.8 Å². The lowest BCUT2D eigenvalue weighted by atomic mass is 10.1. The summed E-state index contributed by atoms with van der Waals surface area (Å²) in [6.45, 7) is 9.33. The number of nitrogens with zero attached hydrogens (tertiary/aromatic N) is 5. The van der Waals surface area contributed by atoms with Crippen molar-refractivity contribution in [2.24, 2.45) is 0 Å². The number of anilines is 1. The molecule has 0 spiro atoms. The van der Waals surface area contributed by atoms with Gasteiger partial charge in [-0.1, -0.05) is 18.2 Å². The van der Waals surface area contributed by atoms with Gasteiger partial charge < -0.3 is 9.80 Å². The van der Waals surface area contributed by atoms with Crippen LogP contribution in [0.15, 0.2) is 60.8 Å². The molecule has 1 aliphatic rings. The van der Waals surface area contributed by atoms with Gasteiger partial charge in [0.25, 0.3) is 5.91 Å². The minimum atomic E-state index is 0.0718. The highest BCUT2D eigenvalue weighted by atomic mass is 16.2. The Hall–Kier alpha value is -3.67. The standard InChI is InChI=1S/C26H27N5O/c1-18-9-10-19(2)24(16-18)29-12-14-30(15-13-29)26(32)21-6-4-7-22(17-21)31-20(3)28-23-8-5-11-27-25(23)31/h4-11,16-17H,12-15H2,1-3H3. The molecule has 0 saturated carbocycles. The summed E-state index contributed by atoms with van der Waals surface area (Å²) < 4.78 is 2.00. The van der Waals surface area contributed by atoms with Gasteiger partial charge in [0.2, 0.25) is 0 Å². The Morgan fingerprint density at radius 3 is 2.53 bits per heavy atom. The van der Waals surface area contributed by atoms with Gasteiger partial charge in [-0.25, -0.2) is 9.97 Å². The summed E-state index contributed by atoms with van der Waals surface area (Å²) in [4.78, 5) is 26.7. The number of carbonyl (C=O) groups excluding carboxylic acids is 1. The monoisotopic (exact) mass is 425 g/mol. The number of rotatable bonds is 3. The Morgan fingerprint density at radius 1 is 0.906 bits per heavy atom. The number of benzene rings is 2. The molecule has 2 aromatic carbocycles. The minimum absolute atomic E-state index is 0.0718.